The molecule has 3 nitrogen and oxygen atoms in total. The first-order valence-corrected chi connectivity index (χ1v) is 9.91. The minimum atomic E-state index is -1.47. The molecule has 136 valence electrons. The number of thiol groups is 1. The van der Waals surface area contributed by atoms with Crippen LogP contribution in [0.4, 0.5) is 0 Å². The molecule has 0 spiro atoms. The first kappa shape index (κ1) is 18.5. The second-order valence-corrected chi connectivity index (χ2v) is 8.43. The zero-order chi connectivity index (χ0) is 18.5. The molecule has 0 amide bonds. The van der Waals surface area contributed by atoms with Crippen molar-refractivity contribution >= 4 is 10.9 Å². The van der Waals surface area contributed by atoms with Crippen molar-refractivity contribution in [3.05, 3.63) is 83.9 Å². The number of aliphatic hydroxyl groups excluding tert-OH is 1. The van der Waals surface area contributed by atoms with Crippen LogP contribution in [0, 0.1) is 13.8 Å². The molecule has 4 heteroatoms. The Bertz CT molecular complexity index is 785. The van der Waals surface area contributed by atoms with Gasteiger partial charge in [0, 0.05) is 0 Å². The Balaban J connectivity index is 2.05. The molecule has 3 rings (SSSR count). The summed E-state index contributed by atoms with van der Waals surface area (Å²) in [5, 5.41) is 18.1. The van der Waals surface area contributed by atoms with Gasteiger partial charge in [0.2, 0.25) is 0 Å². The molecular weight excluding hydrogens is 344 g/mol. The normalized spacial score (nSPS) is 11.5. The van der Waals surface area contributed by atoms with Crippen LogP contribution < -0.4 is 4.74 Å². The highest BCUT2D eigenvalue weighted by molar-refractivity contribution is 8.17. The molecule has 0 aliphatic heterocycles. The molecule has 0 saturated carbocycles. The molecule has 0 unspecified atom stereocenters. The molecular formula is C22H24O3S. The van der Waals surface area contributed by atoms with E-state index in [2.05, 4.69) is 60.7 Å². The lowest BCUT2D eigenvalue weighted by Gasteiger charge is -2.25. The monoisotopic (exact) mass is 368 g/mol. The molecule has 0 heterocycles. The average Bonchev–Trinajstić information content (AvgIpc) is 2.63. The summed E-state index contributed by atoms with van der Waals surface area (Å²) in [5.74, 6) is 0.720. The first-order chi connectivity index (χ1) is 12.6. The van der Waals surface area contributed by atoms with E-state index in [0.29, 0.717) is 0 Å². The Hall–Kier alpha value is -2.27. The molecule has 0 aliphatic carbocycles. The second-order valence-electron chi connectivity index (χ2n) is 6.21. The number of rotatable bonds is 6. The van der Waals surface area contributed by atoms with Crippen LogP contribution in [0.2, 0.25) is 0 Å². The number of ether oxygens (including phenoxy) is 1. The van der Waals surface area contributed by atoms with Gasteiger partial charge in [-0.05, 0) is 76.1 Å². The van der Waals surface area contributed by atoms with Crippen molar-refractivity contribution in [3.63, 3.8) is 0 Å². The number of hydrogen-bond acceptors (Lipinski definition) is 3. The topological polar surface area (TPSA) is 49.7 Å². The van der Waals surface area contributed by atoms with Gasteiger partial charge in [0.05, 0.1) is 0 Å². The predicted octanol–water partition coefficient (Wildman–Crippen LogP) is 4.47. The van der Waals surface area contributed by atoms with Crippen molar-refractivity contribution in [1.82, 2.24) is 0 Å². The first-order valence-electron chi connectivity index (χ1n) is 8.56. The maximum Gasteiger partial charge on any atom is 0.186 e. The van der Waals surface area contributed by atoms with Crippen LogP contribution in [0.5, 0.6) is 5.75 Å². The van der Waals surface area contributed by atoms with Crippen LogP contribution in [0.1, 0.15) is 11.1 Å². The maximum atomic E-state index is 9.07. The van der Waals surface area contributed by atoms with Gasteiger partial charge in [-0.2, -0.15) is 10.9 Å². The van der Waals surface area contributed by atoms with E-state index in [0.717, 1.165) is 16.9 Å². The Morgan fingerprint density at radius 1 is 0.769 bits per heavy atom. The molecule has 3 aromatic carbocycles. The summed E-state index contributed by atoms with van der Waals surface area (Å²) in [6.45, 7) is 3.87. The Morgan fingerprint density at radius 3 is 1.65 bits per heavy atom. The lowest BCUT2D eigenvalue weighted by molar-refractivity contribution is -0.0682. The fraction of sp³-hybridized carbons (Fsp3) is 0.182. The number of aryl methyl sites for hydroxylation is 2. The van der Waals surface area contributed by atoms with E-state index in [1.807, 2.05) is 26.0 Å². The van der Waals surface area contributed by atoms with Gasteiger partial charge in [0.1, 0.15) is 12.4 Å². The van der Waals surface area contributed by atoms with Gasteiger partial charge in [-0.1, -0.05) is 36.4 Å². The third kappa shape index (κ3) is 4.28. The largest absolute Gasteiger partial charge is 0.488 e. The van der Waals surface area contributed by atoms with Crippen molar-refractivity contribution < 1.29 is 14.9 Å². The molecule has 0 bridgehead atoms. The van der Waals surface area contributed by atoms with Gasteiger partial charge in [0.15, 0.2) is 6.29 Å². The highest BCUT2D eigenvalue weighted by atomic mass is 32.2. The van der Waals surface area contributed by atoms with Gasteiger partial charge in [-0.25, -0.2) is 0 Å². The summed E-state index contributed by atoms with van der Waals surface area (Å²) in [7, 11) is -0.667. The van der Waals surface area contributed by atoms with E-state index < -0.39 is 17.2 Å². The Kier molecular flexibility index (Phi) is 5.99. The van der Waals surface area contributed by atoms with Crippen molar-refractivity contribution in [3.8, 4) is 5.75 Å². The Morgan fingerprint density at radius 2 is 1.23 bits per heavy atom. The Labute approximate surface area is 157 Å². The van der Waals surface area contributed by atoms with Gasteiger partial charge < -0.3 is 14.9 Å². The number of hydrogen-bond donors (Lipinski definition) is 3. The van der Waals surface area contributed by atoms with Gasteiger partial charge in [-0.3, -0.25) is 0 Å². The summed E-state index contributed by atoms with van der Waals surface area (Å²) >= 11 is 0. The third-order valence-corrected chi connectivity index (χ3v) is 6.51. The fourth-order valence-corrected chi connectivity index (χ4v) is 5.52. The minimum absolute atomic E-state index is 0.132. The van der Waals surface area contributed by atoms with E-state index in [4.69, 9.17) is 14.9 Å². The van der Waals surface area contributed by atoms with Crippen molar-refractivity contribution in [2.24, 2.45) is 0 Å². The summed E-state index contributed by atoms with van der Waals surface area (Å²) in [4.78, 5) is 3.85. The summed E-state index contributed by atoms with van der Waals surface area (Å²) in [6.07, 6.45) is -1.47. The molecule has 0 aliphatic rings. The average molecular weight is 368 g/mol. The molecule has 0 saturated heterocycles. The van der Waals surface area contributed by atoms with Crippen LogP contribution in [0.3, 0.4) is 0 Å². The number of aliphatic hydroxyl groups is 2. The van der Waals surface area contributed by atoms with Crippen LogP contribution in [-0.2, 0) is 0 Å². The summed E-state index contributed by atoms with van der Waals surface area (Å²) in [6, 6.07) is 25.4. The van der Waals surface area contributed by atoms with Gasteiger partial charge in [-0.15, -0.1) is 0 Å². The number of benzene rings is 3. The standard InChI is InChI=1S/C22H24O3S/c1-16-13-20(14-17(2)22(16)25-15-21(23)24)26(18-9-5-3-6-10-18)19-11-7-4-8-12-19/h3-14,21,23-24,26H,15H2,1-2H3. The predicted molar refractivity (Wildman–Crippen MR) is 106 cm³/mol. The van der Waals surface area contributed by atoms with Gasteiger partial charge in [0.25, 0.3) is 0 Å². The quantitative estimate of drug-likeness (QED) is 0.444. The summed E-state index contributed by atoms with van der Waals surface area (Å²) < 4.78 is 5.58. The van der Waals surface area contributed by atoms with Crippen LogP contribution in [0.15, 0.2) is 87.5 Å². The van der Waals surface area contributed by atoms with E-state index in [9.17, 15) is 0 Å². The minimum Gasteiger partial charge on any atom is -0.488 e. The summed E-state index contributed by atoms with van der Waals surface area (Å²) in [5.41, 5.74) is 2.00. The lowest BCUT2D eigenvalue weighted by atomic mass is 10.1. The van der Waals surface area contributed by atoms with E-state index in [1.54, 1.807) is 0 Å². The fourth-order valence-electron chi connectivity index (χ4n) is 3.04. The van der Waals surface area contributed by atoms with E-state index >= 15 is 0 Å². The highest BCUT2D eigenvalue weighted by Gasteiger charge is 2.16. The molecule has 3 aromatic rings. The molecule has 2 N–H and O–H groups in total. The van der Waals surface area contributed by atoms with Crippen molar-refractivity contribution in [2.75, 3.05) is 6.61 Å². The van der Waals surface area contributed by atoms with Crippen molar-refractivity contribution in [2.45, 2.75) is 34.8 Å². The zero-order valence-electron chi connectivity index (χ0n) is 15.0. The zero-order valence-corrected chi connectivity index (χ0v) is 15.9. The van der Waals surface area contributed by atoms with Crippen LogP contribution in [0.25, 0.3) is 0 Å². The highest BCUT2D eigenvalue weighted by Crippen LogP contribution is 2.52. The third-order valence-electron chi connectivity index (χ3n) is 4.11. The van der Waals surface area contributed by atoms with E-state index in [1.165, 1.54) is 14.7 Å². The maximum absolute atomic E-state index is 9.07. The van der Waals surface area contributed by atoms with Crippen LogP contribution in [-0.4, -0.2) is 23.1 Å². The lowest BCUT2D eigenvalue weighted by Crippen LogP contribution is -2.16. The van der Waals surface area contributed by atoms with E-state index in [-0.39, 0.29) is 6.61 Å². The smallest absolute Gasteiger partial charge is 0.186 e. The molecule has 0 radical (unpaired) electrons. The molecule has 0 fully saturated rings. The van der Waals surface area contributed by atoms with Gasteiger partial charge >= 0.3 is 0 Å². The molecule has 0 aromatic heterocycles. The van der Waals surface area contributed by atoms with Crippen LogP contribution >= 0.6 is 10.9 Å². The molecule has 26 heavy (non-hydrogen) atoms. The van der Waals surface area contributed by atoms with Crippen molar-refractivity contribution in [1.29, 1.82) is 0 Å². The second kappa shape index (κ2) is 8.41. The molecule has 0 atom stereocenters. The SMILES string of the molecule is Cc1cc([SH](c2ccccc2)c2ccccc2)cc(C)c1OCC(O)O.